The summed E-state index contributed by atoms with van der Waals surface area (Å²) in [6, 6.07) is 3.81. The third-order valence-electron chi connectivity index (χ3n) is 5.11. The first-order valence-electron chi connectivity index (χ1n) is 8.61. The van der Waals surface area contributed by atoms with Crippen LogP contribution in [-0.2, 0) is 23.1 Å². The highest BCUT2D eigenvalue weighted by Gasteiger charge is 2.51. The van der Waals surface area contributed by atoms with Gasteiger partial charge >= 0.3 is 0 Å². The molecule has 2 N–H and O–H groups in total. The third-order valence-corrected chi connectivity index (χ3v) is 5.11. The normalized spacial score (nSPS) is 32.9. The van der Waals surface area contributed by atoms with Crippen LogP contribution in [0.3, 0.4) is 0 Å². The number of aliphatic hydroxyl groups is 1. The molecular weight excluding hydrogens is 308 g/mol. The zero-order chi connectivity index (χ0) is 17.3. The topological polar surface area (TPSA) is 62.1 Å². The number of fused-ring (bicyclic) bond motifs is 2. The Bertz CT molecular complexity index is 536. The molecule has 0 amide bonds. The molecule has 0 spiro atoms. The fourth-order valence-electron chi connectivity index (χ4n) is 3.53. The second kappa shape index (κ2) is 7.51. The Morgan fingerprint density at radius 2 is 2.12 bits per heavy atom. The van der Waals surface area contributed by atoms with Gasteiger partial charge in [0.25, 0.3) is 0 Å². The predicted octanol–water partition coefficient (Wildman–Crippen LogP) is -0.539. The van der Waals surface area contributed by atoms with Crippen molar-refractivity contribution in [3.05, 3.63) is 24.0 Å². The first-order chi connectivity index (χ1) is 11.5. The van der Waals surface area contributed by atoms with E-state index in [-0.39, 0.29) is 24.5 Å². The number of ether oxygens (including phenoxy) is 2. The summed E-state index contributed by atoms with van der Waals surface area (Å²) in [4.78, 5) is 4.28. The van der Waals surface area contributed by atoms with E-state index in [1.54, 1.807) is 0 Å². The molecule has 2 bridgehead atoms. The van der Waals surface area contributed by atoms with Crippen LogP contribution in [0.4, 0.5) is 0 Å². The van der Waals surface area contributed by atoms with Crippen molar-refractivity contribution >= 4 is 0 Å². The lowest BCUT2D eigenvalue weighted by molar-refractivity contribution is -0.179. The first kappa shape index (κ1) is 17.8. The van der Waals surface area contributed by atoms with Gasteiger partial charge in [0.15, 0.2) is 6.29 Å². The lowest BCUT2D eigenvalue weighted by Gasteiger charge is -2.43. The van der Waals surface area contributed by atoms with Crippen LogP contribution in [0.25, 0.3) is 0 Å². The second-order valence-corrected chi connectivity index (χ2v) is 7.16. The Labute approximate surface area is 144 Å². The van der Waals surface area contributed by atoms with Crippen LogP contribution >= 0.6 is 0 Å². The molecule has 0 saturated carbocycles. The van der Waals surface area contributed by atoms with Gasteiger partial charge in [0.1, 0.15) is 6.10 Å². The van der Waals surface area contributed by atoms with Gasteiger partial charge in [-0.05, 0) is 33.3 Å². The number of rotatable bonds is 7. The maximum absolute atomic E-state index is 11.0. The van der Waals surface area contributed by atoms with Gasteiger partial charge in [-0.25, -0.2) is 0 Å². The quantitative estimate of drug-likeness (QED) is 0.696. The molecule has 2 fully saturated rings. The van der Waals surface area contributed by atoms with E-state index in [4.69, 9.17) is 9.47 Å². The van der Waals surface area contributed by atoms with Crippen molar-refractivity contribution in [3.63, 3.8) is 0 Å². The van der Waals surface area contributed by atoms with Gasteiger partial charge in [-0.3, -0.25) is 4.90 Å². The maximum Gasteiger partial charge on any atom is 0.176 e. The van der Waals surface area contributed by atoms with Crippen molar-refractivity contribution < 1.29 is 14.6 Å². The average Bonchev–Trinajstić information content (AvgIpc) is 3.13. The standard InChI is InChI=1S/C17H30N4O3/c1-19(2)8-9-21(4)15-16(22)14(13-11-23-17(15)24-13)18-10-12-6-5-7-20(12)3/h5-7,13-18,22H,8-11H2,1-4H3/t13-,14-,15+,16-,17+/m0/s1. The lowest BCUT2D eigenvalue weighted by Crippen LogP contribution is -2.64. The van der Waals surface area contributed by atoms with Crippen LogP contribution in [0.1, 0.15) is 5.69 Å². The number of hydrogen-bond acceptors (Lipinski definition) is 6. The summed E-state index contributed by atoms with van der Waals surface area (Å²) < 4.78 is 13.9. The molecule has 136 valence electrons. The largest absolute Gasteiger partial charge is 0.390 e. The Morgan fingerprint density at radius 1 is 1.33 bits per heavy atom. The molecule has 7 nitrogen and oxygen atoms in total. The summed E-state index contributed by atoms with van der Waals surface area (Å²) in [7, 11) is 8.15. The number of nitrogens with one attached hydrogen (secondary N) is 1. The summed E-state index contributed by atoms with van der Waals surface area (Å²) in [5.41, 5.74) is 1.18. The van der Waals surface area contributed by atoms with E-state index >= 15 is 0 Å². The molecule has 5 atom stereocenters. The molecule has 3 heterocycles. The zero-order valence-electron chi connectivity index (χ0n) is 15.1. The van der Waals surface area contributed by atoms with Gasteiger partial charge < -0.3 is 29.4 Å². The van der Waals surface area contributed by atoms with E-state index in [1.807, 2.05) is 40.5 Å². The molecule has 0 aliphatic carbocycles. The van der Waals surface area contributed by atoms with Gasteiger partial charge in [0.2, 0.25) is 0 Å². The van der Waals surface area contributed by atoms with E-state index in [0.29, 0.717) is 13.2 Å². The summed E-state index contributed by atoms with van der Waals surface area (Å²) in [6.45, 7) is 3.01. The van der Waals surface area contributed by atoms with Crippen molar-refractivity contribution in [2.24, 2.45) is 7.05 Å². The van der Waals surface area contributed by atoms with E-state index in [1.165, 1.54) is 5.69 Å². The molecule has 2 saturated heterocycles. The number of aryl methyl sites for hydroxylation is 1. The number of aliphatic hydroxyl groups excluding tert-OH is 1. The smallest absolute Gasteiger partial charge is 0.176 e. The Kier molecular flexibility index (Phi) is 5.59. The Hall–Kier alpha value is -0.960. The fourth-order valence-corrected chi connectivity index (χ4v) is 3.53. The van der Waals surface area contributed by atoms with Crippen LogP contribution in [-0.4, -0.2) is 90.9 Å². The Morgan fingerprint density at radius 3 is 2.79 bits per heavy atom. The van der Waals surface area contributed by atoms with Crippen LogP contribution < -0.4 is 5.32 Å². The van der Waals surface area contributed by atoms with Gasteiger partial charge in [-0.15, -0.1) is 0 Å². The molecule has 0 aromatic carbocycles. The second-order valence-electron chi connectivity index (χ2n) is 7.16. The van der Waals surface area contributed by atoms with Crippen LogP contribution in [0.5, 0.6) is 0 Å². The number of aromatic nitrogens is 1. The molecule has 1 aromatic heterocycles. The molecule has 0 radical (unpaired) electrons. The van der Waals surface area contributed by atoms with Crippen molar-refractivity contribution in [1.82, 2.24) is 19.7 Å². The fraction of sp³-hybridized carbons (Fsp3) is 0.765. The molecule has 24 heavy (non-hydrogen) atoms. The highest BCUT2D eigenvalue weighted by Crippen LogP contribution is 2.31. The summed E-state index contributed by atoms with van der Waals surface area (Å²) in [5.74, 6) is 0. The van der Waals surface area contributed by atoms with E-state index in [2.05, 4.69) is 25.8 Å². The molecule has 2 aliphatic heterocycles. The Balaban J connectivity index is 1.65. The van der Waals surface area contributed by atoms with E-state index < -0.39 is 6.10 Å². The van der Waals surface area contributed by atoms with E-state index in [9.17, 15) is 5.11 Å². The predicted molar refractivity (Wildman–Crippen MR) is 91.6 cm³/mol. The summed E-state index contributed by atoms with van der Waals surface area (Å²) in [6.07, 6.45) is 1.06. The van der Waals surface area contributed by atoms with Crippen molar-refractivity contribution in [3.8, 4) is 0 Å². The number of hydrogen-bond donors (Lipinski definition) is 2. The highest BCUT2D eigenvalue weighted by atomic mass is 16.7. The minimum atomic E-state index is -0.524. The molecule has 2 aliphatic rings. The lowest BCUT2D eigenvalue weighted by atomic mass is 9.95. The molecule has 1 aromatic rings. The summed E-state index contributed by atoms with van der Waals surface area (Å²) >= 11 is 0. The molecule has 7 heteroatoms. The average molecular weight is 338 g/mol. The van der Waals surface area contributed by atoms with Crippen LogP contribution in [0.15, 0.2) is 18.3 Å². The zero-order valence-corrected chi connectivity index (χ0v) is 15.1. The van der Waals surface area contributed by atoms with Crippen LogP contribution in [0.2, 0.25) is 0 Å². The molecule has 0 unspecified atom stereocenters. The first-order valence-corrected chi connectivity index (χ1v) is 8.61. The van der Waals surface area contributed by atoms with Crippen molar-refractivity contribution in [1.29, 1.82) is 0 Å². The molecule has 3 rings (SSSR count). The van der Waals surface area contributed by atoms with Gasteiger partial charge in [0.05, 0.1) is 24.8 Å². The van der Waals surface area contributed by atoms with Gasteiger partial charge in [0, 0.05) is 38.6 Å². The maximum atomic E-state index is 11.0. The monoisotopic (exact) mass is 338 g/mol. The third kappa shape index (κ3) is 3.66. The number of nitrogens with zero attached hydrogens (tertiary/aromatic N) is 3. The highest BCUT2D eigenvalue weighted by molar-refractivity contribution is 5.08. The van der Waals surface area contributed by atoms with Crippen molar-refractivity contribution in [2.45, 2.75) is 37.1 Å². The van der Waals surface area contributed by atoms with Crippen molar-refractivity contribution in [2.75, 3.05) is 40.8 Å². The molecular formula is C17H30N4O3. The van der Waals surface area contributed by atoms with E-state index in [0.717, 1.165) is 13.1 Å². The van der Waals surface area contributed by atoms with Gasteiger partial charge in [-0.2, -0.15) is 0 Å². The number of likely N-dealkylation sites (N-methyl/N-ethyl adjacent to an activating group) is 2. The minimum absolute atomic E-state index is 0.0937. The van der Waals surface area contributed by atoms with Crippen LogP contribution in [0, 0.1) is 0 Å². The SMILES string of the molecule is CN(C)CCN(C)[C@H]1[C@@H]2OC[C@H](O2)[C@H](NCc2cccn2C)[C@@H]1O. The summed E-state index contributed by atoms with van der Waals surface area (Å²) in [5, 5.41) is 14.4. The van der Waals surface area contributed by atoms with Gasteiger partial charge in [-0.1, -0.05) is 0 Å². The minimum Gasteiger partial charge on any atom is -0.390 e.